The summed E-state index contributed by atoms with van der Waals surface area (Å²) in [5.74, 6) is -9.20. The van der Waals surface area contributed by atoms with Crippen LogP contribution in [-0.4, -0.2) is 170 Å². The van der Waals surface area contributed by atoms with Crippen molar-refractivity contribution in [2.24, 2.45) is 5.73 Å². The number of esters is 3. The molecular formula is C55H73FN8O18S. The zero-order valence-corrected chi connectivity index (χ0v) is 47.4. The number of nitrogens with one attached hydrogen (secondary N) is 7. The number of benzene rings is 3. The van der Waals surface area contributed by atoms with Crippen molar-refractivity contribution >= 4 is 74.3 Å². The molecule has 0 unspecified atom stereocenters. The summed E-state index contributed by atoms with van der Waals surface area (Å²) in [6.45, 7) is 5.05. The first-order chi connectivity index (χ1) is 39.8. The molecule has 83 heavy (non-hydrogen) atoms. The predicted octanol–water partition coefficient (Wildman–Crippen LogP) is 0.678. The number of halogens is 1. The first-order valence-electron chi connectivity index (χ1n) is 26.7. The summed E-state index contributed by atoms with van der Waals surface area (Å²) < 4.78 is 80.1. The number of nitrogens with two attached hydrogens (primary N) is 1. The Balaban J connectivity index is 1.60. The van der Waals surface area contributed by atoms with Crippen LogP contribution in [0.15, 0.2) is 83.9 Å². The summed E-state index contributed by atoms with van der Waals surface area (Å²) in [5.41, 5.74) is 7.09. The molecule has 26 nitrogen and oxygen atoms in total. The molecule has 4 rings (SSSR count). The minimum Gasteiger partial charge on any atom is -0.497 e. The fraction of sp³-hybridized carbons (Fsp3) is 0.473. The molecule has 0 radical (unpaired) electrons. The van der Waals surface area contributed by atoms with Gasteiger partial charge in [0.25, 0.3) is 0 Å². The van der Waals surface area contributed by atoms with Crippen LogP contribution in [0, 0.1) is 5.82 Å². The van der Waals surface area contributed by atoms with Crippen molar-refractivity contribution in [3.05, 3.63) is 95.9 Å². The van der Waals surface area contributed by atoms with Crippen LogP contribution >= 0.6 is 0 Å². The molecule has 0 fully saturated rings. The number of carbonyl (C=O) groups excluding carboxylic acids is 9. The van der Waals surface area contributed by atoms with Crippen molar-refractivity contribution < 1.29 is 89.1 Å². The topological polar surface area (TPSA) is 366 Å². The lowest BCUT2D eigenvalue weighted by molar-refractivity contribution is -0.147. The fourth-order valence-corrected chi connectivity index (χ4v) is 9.11. The van der Waals surface area contributed by atoms with Gasteiger partial charge >= 0.3 is 17.9 Å². The van der Waals surface area contributed by atoms with Crippen LogP contribution in [-0.2, 0) is 94.4 Å². The molecule has 0 saturated carbocycles. The molecule has 0 aliphatic heterocycles. The SMILES string of the molecule is CCOCCOC(=O)CC[C@H](NC(=O)[C@H](Cc1c[nH]c2ccccc12)NC(=O)[C@H](Cc1cccc(F)c1)NC(=O)CNC(=O)[C@H](CCC(=O)OCCOCC)NC(=O)[C@@H](CC(=O)OCCOCC)NS(=O)(=O)c1ccc(OC)cc1)C(N)=O. The van der Waals surface area contributed by atoms with E-state index in [4.69, 9.17) is 38.9 Å². The van der Waals surface area contributed by atoms with Crippen LogP contribution in [0.25, 0.3) is 10.9 Å². The van der Waals surface area contributed by atoms with Crippen LogP contribution in [0.5, 0.6) is 5.75 Å². The Bertz CT molecular complexity index is 2910. The number of rotatable bonds is 39. The zero-order chi connectivity index (χ0) is 60.7. The Labute approximate surface area is 479 Å². The third-order valence-corrected chi connectivity index (χ3v) is 13.6. The van der Waals surface area contributed by atoms with E-state index in [1.165, 1.54) is 43.5 Å². The Kier molecular flexibility index (Phi) is 29.0. The number of ether oxygens (including phenoxy) is 7. The highest BCUT2D eigenvalue weighted by Crippen LogP contribution is 2.21. The largest absolute Gasteiger partial charge is 0.497 e. The molecule has 0 aliphatic rings. The first kappa shape index (κ1) is 67.5. The van der Waals surface area contributed by atoms with E-state index >= 15 is 0 Å². The normalized spacial score (nSPS) is 13.0. The van der Waals surface area contributed by atoms with Gasteiger partial charge in [0.15, 0.2) is 0 Å². The smallest absolute Gasteiger partial charge is 0.308 e. The number of sulfonamides is 1. The maximum absolute atomic E-state index is 14.6. The van der Waals surface area contributed by atoms with Crippen molar-refractivity contribution in [1.82, 2.24) is 36.3 Å². The second kappa shape index (κ2) is 35.7. The van der Waals surface area contributed by atoms with E-state index in [2.05, 4.69) is 36.3 Å². The minimum atomic E-state index is -4.57. The average molecular weight is 1190 g/mol. The molecule has 0 bridgehead atoms. The second-order valence-corrected chi connectivity index (χ2v) is 19.9. The van der Waals surface area contributed by atoms with E-state index in [1.807, 2.05) is 0 Å². The molecule has 0 saturated heterocycles. The van der Waals surface area contributed by atoms with Gasteiger partial charge in [-0.2, -0.15) is 4.72 Å². The van der Waals surface area contributed by atoms with E-state index in [0.29, 0.717) is 42.0 Å². The Morgan fingerprint density at radius 2 is 1.14 bits per heavy atom. The molecule has 0 aliphatic carbocycles. The maximum atomic E-state index is 14.6. The number of hydrogen-bond donors (Lipinski definition) is 8. The molecule has 4 aromatic rings. The number of H-pyrrole nitrogens is 1. The highest BCUT2D eigenvalue weighted by atomic mass is 32.2. The first-order valence-corrected chi connectivity index (χ1v) is 28.2. The minimum absolute atomic E-state index is 0.00978. The van der Waals surface area contributed by atoms with Gasteiger partial charge < -0.3 is 70.5 Å². The third kappa shape index (κ3) is 24.1. The van der Waals surface area contributed by atoms with E-state index in [9.17, 15) is 56.0 Å². The van der Waals surface area contributed by atoms with E-state index in [-0.39, 0.29) is 75.8 Å². The fourth-order valence-electron chi connectivity index (χ4n) is 7.91. The molecule has 3 aromatic carbocycles. The summed E-state index contributed by atoms with van der Waals surface area (Å²) in [4.78, 5) is 124. The molecule has 9 N–H and O–H groups in total. The van der Waals surface area contributed by atoms with Gasteiger partial charge in [-0.05, 0) is 87.2 Å². The van der Waals surface area contributed by atoms with E-state index in [1.54, 1.807) is 51.2 Å². The number of carbonyl (C=O) groups is 9. The quantitative estimate of drug-likeness (QED) is 0.0173. The second-order valence-electron chi connectivity index (χ2n) is 18.2. The molecule has 1 aromatic heterocycles. The van der Waals surface area contributed by atoms with Crippen molar-refractivity contribution in [2.45, 2.75) is 101 Å². The molecule has 454 valence electrons. The standard InChI is InChI=1S/C55H73FN8O18S/c1-5-77-23-26-80-48(66)21-19-42(51(57)69)61-54(72)45(31-36-33-58-41-14-9-8-13-40(36)41)63-53(71)44(30-35-11-10-12-37(56)29-35)60-47(65)34-59-52(70)43(20-22-49(67)81-27-24-78-6-2)62-55(73)46(32-50(68)82-28-25-79-7-3)64-83(74,75)39-17-15-38(76-4)16-18-39/h8-18,29,33,42-46,58,64H,5-7,19-28,30-32,34H2,1-4H3,(H2,57,69)(H,59,70)(H,60,65)(H,61,72)(H,62,73)(H,63,71)/t42-,43-,44-,45-,46+/m0/s1. The highest BCUT2D eigenvalue weighted by Gasteiger charge is 2.34. The molecule has 1 heterocycles. The van der Waals surface area contributed by atoms with Crippen molar-refractivity contribution in [1.29, 1.82) is 0 Å². The van der Waals surface area contributed by atoms with Gasteiger partial charge in [-0.3, -0.25) is 43.2 Å². The third-order valence-electron chi connectivity index (χ3n) is 12.1. The summed E-state index contributed by atoms with van der Waals surface area (Å²) in [5, 5.41) is 13.0. The van der Waals surface area contributed by atoms with Gasteiger partial charge in [-0.25, -0.2) is 12.8 Å². The van der Waals surface area contributed by atoms with E-state index in [0.717, 1.165) is 12.1 Å². The number of aromatic amines is 1. The monoisotopic (exact) mass is 1180 g/mol. The molecule has 6 amide bonds. The van der Waals surface area contributed by atoms with Crippen molar-refractivity contribution in [2.75, 3.05) is 73.1 Å². The number of aromatic nitrogens is 1. The summed E-state index contributed by atoms with van der Waals surface area (Å²) in [7, 11) is -3.21. The number of methoxy groups -OCH3 is 1. The molecular weight excluding hydrogens is 1110 g/mol. The lowest BCUT2D eigenvalue weighted by Crippen LogP contribution is -2.58. The summed E-state index contributed by atoms with van der Waals surface area (Å²) >= 11 is 0. The molecule has 28 heteroatoms. The Morgan fingerprint density at radius 3 is 1.72 bits per heavy atom. The maximum Gasteiger partial charge on any atom is 0.308 e. The highest BCUT2D eigenvalue weighted by molar-refractivity contribution is 7.89. The van der Waals surface area contributed by atoms with Gasteiger partial charge in [-0.15, -0.1) is 0 Å². The number of fused-ring (bicyclic) bond motifs is 1. The number of amides is 6. The average Bonchev–Trinajstić information content (AvgIpc) is 4.15. The van der Waals surface area contributed by atoms with Crippen molar-refractivity contribution in [3.8, 4) is 5.75 Å². The summed E-state index contributed by atoms with van der Waals surface area (Å²) in [6.07, 6.45) is -1.47. The van der Waals surface area contributed by atoms with Gasteiger partial charge in [0.05, 0.1) is 44.8 Å². The molecule has 0 spiro atoms. The number of para-hydroxylation sites is 1. The van der Waals surface area contributed by atoms with E-state index < -0.39 is 125 Å². The van der Waals surface area contributed by atoms with Crippen LogP contribution in [0.2, 0.25) is 0 Å². The summed E-state index contributed by atoms with van der Waals surface area (Å²) in [6, 6.07) is 9.02. The number of primary amides is 1. The Hall–Kier alpha value is -8.05. The van der Waals surface area contributed by atoms with Gasteiger partial charge in [0.2, 0.25) is 45.5 Å². The van der Waals surface area contributed by atoms with Crippen molar-refractivity contribution in [3.63, 3.8) is 0 Å². The van der Waals surface area contributed by atoms with Gasteiger partial charge in [0.1, 0.15) is 61.6 Å². The van der Waals surface area contributed by atoms with Crippen LogP contribution in [0.4, 0.5) is 4.39 Å². The lowest BCUT2D eigenvalue weighted by Gasteiger charge is -2.25. The van der Waals surface area contributed by atoms with Crippen LogP contribution < -0.4 is 41.8 Å². The predicted molar refractivity (Wildman–Crippen MR) is 295 cm³/mol. The Morgan fingerprint density at radius 1 is 0.602 bits per heavy atom. The lowest BCUT2D eigenvalue weighted by atomic mass is 10.0. The van der Waals surface area contributed by atoms with Crippen LogP contribution in [0.3, 0.4) is 0 Å². The zero-order valence-electron chi connectivity index (χ0n) is 46.6. The number of hydrogen-bond acceptors (Lipinski definition) is 18. The van der Waals surface area contributed by atoms with Gasteiger partial charge in [0, 0.05) is 62.6 Å². The van der Waals surface area contributed by atoms with Gasteiger partial charge in [-0.1, -0.05) is 30.3 Å². The molecule has 5 atom stereocenters. The van der Waals surface area contributed by atoms with Crippen LogP contribution in [0.1, 0.15) is 64.0 Å².